The molecule has 55 heavy (non-hydrogen) atoms. The third-order valence-corrected chi connectivity index (χ3v) is 9.83. The molecule has 1 atom stereocenters. The molecule has 0 bridgehead atoms. The first-order valence-electron chi connectivity index (χ1n) is 23.1. The summed E-state index contributed by atoms with van der Waals surface area (Å²) >= 11 is 0. The molecule has 0 fully saturated rings. The number of ether oxygens (including phenoxy) is 3. The fraction of sp³-hybridized carbons (Fsp3) is 0.776. The number of hydrogen-bond acceptors (Lipinski definition) is 6. The second kappa shape index (κ2) is 44.1. The van der Waals surface area contributed by atoms with Crippen molar-refractivity contribution in [2.75, 3.05) is 13.2 Å². The molecule has 0 saturated heterocycles. The molecule has 0 aliphatic heterocycles. The van der Waals surface area contributed by atoms with Crippen LogP contribution in [-0.4, -0.2) is 37.2 Å². The topological polar surface area (TPSA) is 78.9 Å². The lowest BCUT2D eigenvalue weighted by Gasteiger charge is -2.18. The summed E-state index contributed by atoms with van der Waals surface area (Å²) < 4.78 is 16.6. The molecule has 0 saturated carbocycles. The Kier molecular flexibility index (Phi) is 42.0. The summed E-state index contributed by atoms with van der Waals surface area (Å²) in [6.07, 6.45) is 51.2. The van der Waals surface area contributed by atoms with E-state index >= 15 is 0 Å². The molecule has 0 heterocycles. The number of allylic oxidation sites excluding steroid dienone is 8. The van der Waals surface area contributed by atoms with Gasteiger partial charge in [0.2, 0.25) is 0 Å². The summed E-state index contributed by atoms with van der Waals surface area (Å²) in [4.78, 5) is 37.6. The van der Waals surface area contributed by atoms with E-state index in [4.69, 9.17) is 14.2 Å². The number of unbranched alkanes of at least 4 members (excludes halogenated alkanes) is 22. The summed E-state index contributed by atoms with van der Waals surface area (Å²) in [6, 6.07) is 0. The van der Waals surface area contributed by atoms with E-state index in [2.05, 4.69) is 57.2 Å². The van der Waals surface area contributed by atoms with Crippen molar-refractivity contribution < 1.29 is 28.6 Å². The second-order valence-corrected chi connectivity index (χ2v) is 15.3. The molecule has 0 radical (unpaired) electrons. The van der Waals surface area contributed by atoms with E-state index in [0.717, 1.165) is 44.9 Å². The van der Waals surface area contributed by atoms with Crippen molar-refractivity contribution in [3.63, 3.8) is 0 Å². The summed E-state index contributed by atoms with van der Waals surface area (Å²) in [6.45, 7) is 6.50. The minimum absolute atomic E-state index is 0.111. The predicted octanol–water partition coefficient (Wildman–Crippen LogP) is 14.8. The van der Waals surface area contributed by atoms with E-state index in [1.54, 1.807) is 0 Å². The van der Waals surface area contributed by atoms with Gasteiger partial charge in [-0.05, 0) is 57.8 Å². The highest BCUT2D eigenvalue weighted by atomic mass is 16.6. The van der Waals surface area contributed by atoms with Gasteiger partial charge in [-0.25, -0.2) is 0 Å². The van der Waals surface area contributed by atoms with Crippen LogP contribution in [0.1, 0.15) is 226 Å². The average molecular weight is 771 g/mol. The first-order chi connectivity index (χ1) is 27.0. The average Bonchev–Trinajstić information content (AvgIpc) is 3.18. The molecule has 0 amide bonds. The number of hydrogen-bond donors (Lipinski definition) is 0. The Morgan fingerprint density at radius 1 is 0.364 bits per heavy atom. The molecule has 0 aromatic rings. The van der Waals surface area contributed by atoms with Crippen LogP contribution in [0.2, 0.25) is 0 Å². The Morgan fingerprint density at radius 3 is 1.11 bits per heavy atom. The number of carbonyl (C=O) groups excluding carboxylic acids is 3. The molecule has 6 heteroatoms. The molecule has 6 nitrogen and oxygen atoms in total. The Hall–Kier alpha value is -2.63. The molecule has 0 aromatic heterocycles. The number of rotatable bonds is 41. The molecule has 318 valence electrons. The lowest BCUT2D eigenvalue weighted by molar-refractivity contribution is -0.166. The fourth-order valence-corrected chi connectivity index (χ4v) is 6.31. The molecule has 0 aliphatic rings. The van der Waals surface area contributed by atoms with Crippen LogP contribution in [0.4, 0.5) is 0 Å². The van der Waals surface area contributed by atoms with Crippen LogP contribution in [-0.2, 0) is 28.6 Å². The zero-order chi connectivity index (χ0) is 40.1. The van der Waals surface area contributed by atoms with Crippen LogP contribution >= 0.6 is 0 Å². The first-order valence-corrected chi connectivity index (χ1v) is 23.1. The molecular formula is C49H86O6. The Morgan fingerprint density at radius 2 is 0.691 bits per heavy atom. The molecule has 0 aromatic carbocycles. The van der Waals surface area contributed by atoms with Gasteiger partial charge >= 0.3 is 17.9 Å². The van der Waals surface area contributed by atoms with Crippen LogP contribution in [0, 0.1) is 0 Å². The minimum Gasteiger partial charge on any atom is -0.462 e. The van der Waals surface area contributed by atoms with E-state index in [0.29, 0.717) is 19.3 Å². The quantitative estimate of drug-likeness (QED) is 0.0267. The standard InChI is InChI=1S/C49H86O6/c1-4-7-10-13-16-19-22-24-27-30-33-36-39-42-48(51)54-45-46(44-53-47(50)41-38-35-32-29-26-21-18-15-12-9-6-3)55-49(52)43-40-37-34-31-28-25-23-20-17-14-11-8-5-2/h24-25,27-28,33-34,36-37,46H,4-23,26,29-32,35,38-45H2,1-3H3/b27-24-,28-25-,36-33-,37-34-. The third-order valence-electron chi connectivity index (χ3n) is 9.83. The smallest absolute Gasteiger partial charge is 0.306 e. The van der Waals surface area contributed by atoms with Crippen LogP contribution in [0.5, 0.6) is 0 Å². The second-order valence-electron chi connectivity index (χ2n) is 15.3. The van der Waals surface area contributed by atoms with Crippen LogP contribution < -0.4 is 0 Å². The van der Waals surface area contributed by atoms with Crippen molar-refractivity contribution in [2.24, 2.45) is 0 Å². The van der Waals surface area contributed by atoms with Gasteiger partial charge in [0.05, 0.1) is 0 Å². The Bertz CT molecular complexity index is 980. The van der Waals surface area contributed by atoms with Crippen molar-refractivity contribution in [3.05, 3.63) is 48.6 Å². The maximum Gasteiger partial charge on any atom is 0.306 e. The summed E-state index contributed by atoms with van der Waals surface area (Å²) in [5, 5.41) is 0. The summed E-state index contributed by atoms with van der Waals surface area (Å²) in [5.41, 5.74) is 0. The number of esters is 3. The van der Waals surface area contributed by atoms with Gasteiger partial charge in [-0.3, -0.25) is 14.4 Å². The van der Waals surface area contributed by atoms with E-state index in [1.807, 2.05) is 12.2 Å². The number of carbonyl (C=O) groups is 3. The Balaban J connectivity index is 4.52. The highest BCUT2D eigenvalue weighted by Crippen LogP contribution is 2.13. The van der Waals surface area contributed by atoms with Gasteiger partial charge in [-0.15, -0.1) is 0 Å². The lowest BCUT2D eigenvalue weighted by Crippen LogP contribution is -2.30. The van der Waals surface area contributed by atoms with Crippen molar-refractivity contribution in [2.45, 2.75) is 232 Å². The normalized spacial score (nSPS) is 12.4. The van der Waals surface area contributed by atoms with Gasteiger partial charge in [0.15, 0.2) is 6.10 Å². The Labute approximate surface area is 339 Å². The molecule has 0 aliphatic carbocycles. The first kappa shape index (κ1) is 52.4. The zero-order valence-corrected chi connectivity index (χ0v) is 36.2. The SMILES string of the molecule is CCCCCCCC/C=C\C/C=C\CCC(=O)OCC(COC(=O)CCCCCCCCCCCCC)OC(=O)CC/C=C\C/C=C\CCCCCCCC. The zero-order valence-electron chi connectivity index (χ0n) is 36.2. The van der Waals surface area contributed by atoms with Gasteiger partial charge in [-0.2, -0.15) is 0 Å². The van der Waals surface area contributed by atoms with Crippen molar-refractivity contribution in [1.82, 2.24) is 0 Å². The summed E-state index contributed by atoms with van der Waals surface area (Å²) in [7, 11) is 0. The maximum atomic E-state index is 12.7. The van der Waals surface area contributed by atoms with Crippen molar-refractivity contribution in [3.8, 4) is 0 Å². The third kappa shape index (κ3) is 42.4. The van der Waals surface area contributed by atoms with Gasteiger partial charge in [0.1, 0.15) is 13.2 Å². The van der Waals surface area contributed by atoms with E-state index < -0.39 is 12.1 Å². The van der Waals surface area contributed by atoms with Crippen molar-refractivity contribution in [1.29, 1.82) is 0 Å². The fourth-order valence-electron chi connectivity index (χ4n) is 6.31. The predicted molar refractivity (Wildman–Crippen MR) is 233 cm³/mol. The maximum absolute atomic E-state index is 12.7. The van der Waals surface area contributed by atoms with Crippen LogP contribution in [0.3, 0.4) is 0 Å². The van der Waals surface area contributed by atoms with Gasteiger partial charge in [0.25, 0.3) is 0 Å². The van der Waals surface area contributed by atoms with E-state index in [1.165, 1.54) is 128 Å². The monoisotopic (exact) mass is 771 g/mol. The summed E-state index contributed by atoms with van der Waals surface area (Å²) in [5.74, 6) is -1.05. The van der Waals surface area contributed by atoms with Gasteiger partial charge in [-0.1, -0.05) is 198 Å². The van der Waals surface area contributed by atoms with Crippen molar-refractivity contribution >= 4 is 17.9 Å². The van der Waals surface area contributed by atoms with Gasteiger partial charge < -0.3 is 14.2 Å². The van der Waals surface area contributed by atoms with E-state index in [-0.39, 0.29) is 38.0 Å². The molecule has 0 spiro atoms. The molecule has 1 unspecified atom stereocenters. The molecule has 0 N–H and O–H groups in total. The highest BCUT2D eigenvalue weighted by molar-refractivity contribution is 5.71. The lowest BCUT2D eigenvalue weighted by atomic mass is 10.1. The van der Waals surface area contributed by atoms with E-state index in [9.17, 15) is 14.4 Å². The van der Waals surface area contributed by atoms with Crippen LogP contribution in [0.15, 0.2) is 48.6 Å². The van der Waals surface area contributed by atoms with Gasteiger partial charge in [0, 0.05) is 19.3 Å². The highest BCUT2D eigenvalue weighted by Gasteiger charge is 2.19. The largest absolute Gasteiger partial charge is 0.462 e. The molecule has 0 rings (SSSR count). The van der Waals surface area contributed by atoms with Crippen LogP contribution in [0.25, 0.3) is 0 Å². The minimum atomic E-state index is -0.820. The molecular weight excluding hydrogens is 685 g/mol.